The molecule has 0 bridgehead atoms. The fourth-order valence-electron chi connectivity index (χ4n) is 4.33. The van der Waals surface area contributed by atoms with Gasteiger partial charge in [0, 0.05) is 18.0 Å². The van der Waals surface area contributed by atoms with Crippen LogP contribution >= 0.6 is 0 Å². The predicted octanol–water partition coefficient (Wildman–Crippen LogP) is 3.65. The third-order valence-corrected chi connectivity index (χ3v) is 5.51. The molecule has 0 aromatic heterocycles. The van der Waals surface area contributed by atoms with Gasteiger partial charge in [-0.3, -0.25) is 14.5 Å². The van der Waals surface area contributed by atoms with E-state index in [0.29, 0.717) is 12.5 Å². The molecule has 0 N–H and O–H groups in total. The van der Waals surface area contributed by atoms with Crippen molar-refractivity contribution in [3.8, 4) is 0 Å². The van der Waals surface area contributed by atoms with Crippen molar-refractivity contribution in [3.05, 3.63) is 46.0 Å². The predicted molar refractivity (Wildman–Crippen MR) is 96.4 cm³/mol. The summed E-state index contributed by atoms with van der Waals surface area (Å²) in [6.45, 7) is 7.13. The van der Waals surface area contributed by atoms with Gasteiger partial charge in [0.2, 0.25) is 0 Å². The van der Waals surface area contributed by atoms with E-state index in [2.05, 4.69) is 30.2 Å². The van der Waals surface area contributed by atoms with Crippen LogP contribution in [0, 0.1) is 20.8 Å². The molecule has 0 radical (unpaired) electrons. The Bertz CT molecular complexity index is 694. The number of likely N-dealkylation sites (tertiary alicyclic amines) is 1. The molecule has 1 aromatic carbocycles. The lowest BCUT2D eigenvalue weighted by Crippen LogP contribution is -2.35. The Hall–Kier alpha value is -1.74. The first-order valence-corrected chi connectivity index (χ1v) is 8.94. The Balaban J connectivity index is 1.93. The lowest BCUT2D eigenvalue weighted by Gasteiger charge is -2.30. The molecule has 1 aromatic rings. The van der Waals surface area contributed by atoms with Gasteiger partial charge in [-0.15, -0.1) is 0 Å². The maximum Gasteiger partial charge on any atom is 0.173 e. The van der Waals surface area contributed by atoms with Crippen LogP contribution in [0.15, 0.2) is 23.8 Å². The number of aryl methyl sites for hydroxylation is 3. The molecular formula is C21H27NO2. The number of benzene rings is 1. The SMILES string of the molecule is Cc1cc(C)c(C2C(=O)C/C(=C\C3CCCCN3C)C2=O)c(C)c1. The molecule has 24 heavy (non-hydrogen) atoms. The first-order valence-electron chi connectivity index (χ1n) is 8.94. The Labute approximate surface area is 144 Å². The molecule has 2 unspecified atom stereocenters. The largest absolute Gasteiger partial charge is 0.300 e. The minimum absolute atomic E-state index is 0.0222. The lowest BCUT2D eigenvalue weighted by atomic mass is 9.87. The van der Waals surface area contributed by atoms with Gasteiger partial charge in [0.25, 0.3) is 0 Å². The number of carbonyl (C=O) groups excluding carboxylic acids is 2. The van der Waals surface area contributed by atoms with Gasteiger partial charge in [0.15, 0.2) is 11.6 Å². The number of piperidine rings is 1. The normalized spacial score (nSPS) is 27.2. The molecule has 3 rings (SSSR count). The Morgan fingerprint density at radius 3 is 2.38 bits per heavy atom. The molecule has 1 aliphatic carbocycles. The van der Waals surface area contributed by atoms with Crippen LogP contribution in [0.1, 0.15) is 53.9 Å². The fourth-order valence-corrected chi connectivity index (χ4v) is 4.33. The van der Waals surface area contributed by atoms with E-state index in [4.69, 9.17) is 0 Å². The number of rotatable bonds is 2. The zero-order chi connectivity index (χ0) is 17.4. The van der Waals surface area contributed by atoms with E-state index in [1.165, 1.54) is 18.4 Å². The molecule has 1 aliphatic heterocycles. The molecule has 0 amide bonds. The van der Waals surface area contributed by atoms with E-state index < -0.39 is 5.92 Å². The van der Waals surface area contributed by atoms with Crippen LogP contribution in [0.2, 0.25) is 0 Å². The van der Waals surface area contributed by atoms with Crippen LogP contribution < -0.4 is 0 Å². The van der Waals surface area contributed by atoms with Gasteiger partial charge in [-0.2, -0.15) is 0 Å². The number of likely N-dealkylation sites (N-methyl/N-ethyl adjacent to an activating group) is 1. The fraction of sp³-hybridized carbons (Fsp3) is 0.524. The van der Waals surface area contributed by atoms with Gasteiger partial charge in [-0.25, -0.2) is 0 Å². The van der Waals surface area contributed by atoms with Crippen molar-refractivity contribution in [2.45, 2.75) is 58.4 Å². The van der Waals surface area contributed by atoms with Crippen molar-refractivity contribution < 1.29 is 9.59 Å². The van der Waals surface area contributed by atoms with E-state index >= 15 is 0 Å². The van der Waals surface area contributed by atoms with E-state index in [-0.39, 0.29) is 11.6 Å². The number of nitrogens with zero attached hydrogens (tertiary/aromatic N) is 1. The Morgan fingerprint density at radius 1 is 1.08 bits per heavy atom. The number of allylic oxidation sites excluding steroid dienone is 1. The first-order chi connectivity index (χ1) is 11.4. The van der Waals surface area contributed by atoms with Crippen LogP contribution in [0.25, 0.3) is 0 Å². The van der Waals surface area contributed by atoms with Crippen LogP contribution in [-0.2, 0) is 9.59 Å². The second kappa shape index (κ2) is 6.64. The summed E-state index contributed by atoms with van der Waals surface area (Å²) in [6, 6.07) is 4.43. The maximum atomic E-state index is 13.0. The number of hydrogen-bond acceptors (Lipinski definition) is 3. The number of carbonyl (C=O) groups is 2. The van der Waals surface area contributed by atoms with Crippen molar-refractivity contribution in [2.75, 3.05) is 13.6 Å². The number of ketones is 2. The molecule has 1 heterocycles. The van der Waals surface area contributed by atoms with Gasteiger partial charge in [-0.05, 0) is 63.9 Å². The smallest absolute Gasteiger partial charge is 0.173 e. The van der Waals surface area contributed by atoms with Crippen molar-refractivity contribution >= 4 is 11.6 Å². The highest BCUT2D eigenvalue weighted by Crippen LogP contribution is 2.36. The molecular weight excluding hydrogens is 298 g/mol. The van der Waals surface area contributed by atoms with Crippen LogP contribution in [-0.4, -0.2) is 36.1 Å². The minimum Gasteiger partial charge on any atom is -0.300 e. The van der Waals surface area contributed by atoms with Gasteiger partial charge >= 0.3 is 0 Å². The second-order valence-electron chi connectivity index (χ2n) is 7.49. The number of Topliss-reactive ketones (excluding diaryl/α,β-unsaturated/α-hetero) is 2. The van der Waals surface area contributed by atoms with E-state index in [0.717, 1.165) is 35.2 Å². The van der Waals surface area contributed by atoms with Crippen LogP contribution in [0.5, 0.6) is 0 Å². The van der Waals surface area contributed by atoms with Crippen molar-refractivity contribution in [1.82, 2.24) is 4.90 Å². The van der Waals surface area contributed by atoms with Gasteiger partial charge in [0.05, 0.1) is 0 Å². The molecule has 2 atom stereocenters. The molecule has 1 saturated heterocycles. The third-order valence-electron chi connectivity index (χ3n) is 5.51. The maximum absolute atomic E-state index is 13.0. The summed E-state index contributed by atoms with van der Waals surface area (Å²) in [5.41, 5.74) is 4.93. The topological polar surface area (TPSA) is 37.4 Å². The zero-order valence-electron chi connectivity index (χ0n) is 15.2. The van der Waals surface area contributed by atoms with Gasteiger partial charge in [0.1, 0.15) is 5.92 Å². The van der Waals surface area contributed by atoms with Crippen LogP contribution in [0.3, 0.4) is 0 Å². The molecule has 128 valence electrons. The van der Waals surface area contributed by atoms with Crippen molar-refractivity contribution in [2.24, 2.45) is 0 Å². The molecule has 1 saturated carbocycles. The van der Waals surface area contributed by atoms with E-state index in [1.807, 2.05) is 20.8 Å². The summed E-state index contributed by atoms with van der Waals surface area (Å²) < 4.78 is 0. The highest BCUT2D eigenvalue weighted by Gasteiger charge is 2.40. The Kier molecular flexibility index (Phi) is 4.73. The molecule has 3 heteroatoms. The van der Waals surface area contributed by atoms with E-state index in [1.54, 1.807) is 0 Å². The van der Waals surface area contributed by atoms with Crippen molar-refractivity contribution in [3.63, 3.8) is 0 Å². The average molecular weight is 325 g/mol. The third kappa shape index (κ3) is 3.10. The van der Waals surface area contributed by atoms with Crippen LogP contribution in [0.4, 0.5) is 0 Å². The molecule has 2 aliphatic rings. The average Bonchev–Trinajstić information content (AvgIpc) is 2.76. The standard InChI is InChI=1S/C21H27NO2/c1-13-9-14(2)19(15(3)10-13)20-18(23)12-16(21(20)24)11-17-7-5-6-8-22(17)4/h9-11,17,20H,5-8,12H2,1-4H3/b16-11+. The summed E-state index contributed by atoms with van der Waals surface area (Å²) in [5.74, 6) is -0.514. The van der Waals surface area contributed by atoms with Crippen molar-refractivity contribution in [1.29, 1.82) is 0 Å². The zero-order valence-corrected chi connectivity index (χ0v) is 15.2. The molecule has 3 nitrogen and oxygen atoms in total. The number of hydrogen-bond donors (Lipinski definition) is 0. The first kappa shape index (κ1) is 17.1. The summed E-state index contributed by atoms with van der Waals surface area (Å²) >= 11 is 0. The highest BCUT2D eigenvalue weighted by molar-refractivity contribution is 6.23. The molecule has 0 spiro atoms. The summed E-state index contributed by atoms with van der Waals surface area (Å²) in [5, 5.41) is 0. The summed E-state index contributed by atoms with van der Waals surface area (Å²) in [6.07, 6.45) is 5.85. The lowest BCUT2D eigenvalue weighted by molar-refractivity contribution is -0.123. The second-order valence-corrected chi connectivity index (χ2v) is 7.49. The van der Waals surface area contributed by atoms with E-state index in [9.17, 15) is 9.59 Å². The Morgan fingerprint density at radius 2 is 1.75 bits per heavy atom. The minimum atomic E-state index is -0.592. The van der Waals surface area contributed by atoms with Gasteiger partial charge in [-0.1, -0.05) is 30.2 Å². The molecule has 2 fully saturated rings. The summed E-state index contributed by atoms with van der Waals surface area (Å²) in [7, 11) is 2.11. The highest BCUT2D eigenvalue weighted by atomic mass is 16.2. The summed E-state index contributed by atoms with van der Waals surface area (Å²) in [4.78, 5) is 27.9. The monoisotopic (exact) mass is 325 g/mol. The quantitative estimate of drug-likeness (QED) is 0.615. The van der Waals surface area contributed by atoms with Gasteiger partial charge < -0.3 is 0 Å².